The molecule has 23 heavy (non-hydrogen) atoms. The predicted molar refractivity (Wildman–Crippen MR) is 90.8 cm³/mol. The van der Waals surface area contributed by atoms with Gasteiger partial charge in [-0.05, 0) is 25.3 Å². The highest BCUT2D eigenvalue weighted by atomic mass is 16.2. The van der Waals surface area contributed by atoms with E-state index in [9.17, 15) is 9.59 Å². The van der Waals surface area contributed by atoms with Crippen molar-refractivity contribution < 1.29 is 4.79 Å². The zero-order chi connectivity index (χ0) is 16.2. The topological polar surface area (TPSA) is 48.8 Å². The van der Waals surface area contributed by atoms with Gasteiger partial charge >= 0.3 is 0 Å². The van der Waals surface area contributed by atoms with Crippen molar-refractivity contribution in [2.45, 2.75) is 19.3 Å². The molecule has 0 radical (unpaired) electrons. The molecule has 0 saturated carbocycles. The van der Waals surface area contributed by atoms with Crippen molar-refractivity contribution >= 4 is 11.7 Å². The van der Waals surface area contributed by atoms with Crippen molar-refractivity contribution in [2.75, 3.05) is 50.7 Å². The van der Waals surface area contributed by atoms with Crippen LogP contribution in [0.4, 0.5) is 5.82 Å². The molecule has 3 rings (SSSR count). The predicted octanol–water partition coefficient (Wildman–Crippen LogP) is 0.520. The Kier molecular flexibility index (Phi) is 5.00. The molecule has 6 nitrogen and oxygen atoms in total. The summed E-state index contributed by atoms with van der Waals surface area (Å²) in [5.74, 6) is 1.23. The minimum absolute atomic E-state index is 0.0211. The maximum atomic E-state index is 12.3. The van der Waals surface area contributed by atoms with Gasteiger partial charge in [0.2, 0.25) is 5.91 Å². The van der Waals surface area contributed by atoms with Crippen molar-refractivity contribution in [1.29, 1.82) is 0 Å². The Morgan fingerprint density at radius 3 is 2.57 bits per heavy atom. The molecule has 6 heteroatoms. The van der Waals surface area contributed by atoms with Gasteiger partial charge < -0.3 is 9.80 Å². The van der Waals surface area contributed by atoms with Crippen LogP contribution in [0.2, 0.25) is 0 Å². The van der Waals surface area contributed by atoms with E-state index in [2.05, 4.69) is 9.80 Å². The zero-order valence-corrected chi connectivity index (χ0v) is 13.9. The van der Waals surface area contributed by atoms with E-state index < -0.39 is 0 Å². The Labute approximate surface area is 137 Å². The van der Waals surface area contributed by atoms with Gasteiger partial charge in [-0.2, -0.15) is 0 Å². The monoisotopic (exact) mass is 318 g/mol. The van der Waals surface area contributed by atoms with E-state index in [4.69, 9.17) is 0 Å². The first-order chi connectivity index (χ1) is 11.1. The van der Waals surface area contributed by atoms with E-state index in [1.165, 1.54) is 0 Å². The number of carbonyl (C=O) groups is 1. The van der Waals surface area contributed by atoms with Crippen LogP contribution >= 0.6 is 0 Å². The highest BCUT2D eigenvalue weighted by Crippen LogP contribution is 2.14. The third-order valence-electron chi connectivity index (χ3n) is 4.89. The fourth-order valence-electron chi connectivity index (χ4n) is 3.49. The number of aromatic nitrogens is 1. The summed E-state index contributed by atoms with van der Waals surface area (Å²) in [6, 6.07) is 5.39. The molecule has 0 aliphatic carbocycles. The van der Waals surface area contributed by atoms with Gasteiger partial charge in [-0.3, -0.25) is 19.1 Å². The number of likely N-dealkylation sites (tertiary alicyclic amines) is 1. The van der Waals surface area contributed by atoms with Crippen molar-refractivity contribution in [3.63, 3.8) is 0 Å². The van der Waals surface area contributed by atoms with Crippen molar-refractivity contribution in [3.05, 3.63) is 28.6 Å². The second-order valence-corrected chi connectivity index (χ2v) is 6.49. The van der Waals surface area contributed by atoms with Crippen LogP contribution in [0.1, 0.15) is 19.3 Å². The second-order valence-electron chi connectivity index (χ2n) is 6.49. The molecule has 1 aromatic rings. The van der Waals surface area contributed by atoms with Crippen molar-refractivity contribution in [3.8, 4) is 0 Å². The smallest absolute Gasteiger partial charge is 0.251 e. The quantitative estimate of drug-likeness (QED) is 0.815. The molecule has 2 fully saturated rings. The van der Waals surface area contributed by atoms with E-state index in [1.54, 1.807) is 10.6 Å². The van der Waals surface area contributed by atoms with Crippen LogP contribution in [0.5, 0.6) is 0 Å². The van der Waals surface area contributed by atoms with Gasteiger partial charge in [-0.1, -0.05) is 6.07 Å². The first-order valence-electron chi connectivity index (χ1n) is 8.56. The van der Waals surface area contributed by atoms with E-state index in [0.717, 1.165) is 64.3 Å². The maximum absolute atomic E-state index is 12.3. The molecule has 0 atom stereocenters. The number of rotatable bonds is 3. The summed E-state index contributed by atoms with van der Waals surface area (Å²) in [6.45, 7) is 5.95. The average Bonchev–Trinajstić information content (AvgIpc) is 2.99. The molecule has 2 aliphatic rings. The summed E-state index contributed by atoms with van der Waals surface area (Å²) < 4.78 is 1.70. The normalized spacial score (nSPS) is 19.9. The molecule has 0 unspecified atom stereocenters. The van der Waals surface area contributed by atoms with Gasteiger partial charge in [0.15, 0.2) is 0 Å². The number of pyridine rings is 1. The molecule has 0 aromatic carbocycles. The lowest BCUT2D eigenvalue weighted by Gasteiger charge is -2.25. The molecular formula is C17H26N4O2. The van der Waals surface area contributed by atoms with Crippen LogP contribution in [0.3, 0.4) is 0 Å². The van der Waals surface area contributed by atoms with E-state index >= 15 is 0 Å². The van der Waals surface area contributed by atoms with Crippen LogP contribution in [-0.4, -0.2) is 66.1 Å². The molecule has 1 amide bonds. The van der Waals surface area contributed by atoms with Crippen molar-refractivity contribution in [1.82, 2.24) is 14.4 Å². The first kappa shape index (κ1) is 16.1. The Hall–Kier alpha value is -1.82. The minimum Gasteiger partial charge on any atom is -0.357 e. The molecule has 2 aliphatic heterocycles. The molecule has 3 heterocycles. The summed E-state index contributed by atoms with van der Waals surface area (Å²) in [6.07, 6.45) is 3.29. The SMILES string of the molecule is Cn1c(N2CCCN(CC(=O)N3CCCC3)CC2)cccc1=O. The Morgan fingerprint density at radius 1 is 1.00 bits per heavy atom. The molecule has 2 saturated heterocycles. The average molecular weight is 318 g/mol. The summed E-state index contributed by atoms with van der Waals surface area (Å²) >= 11 is 0. The van der Waals surface area contributed by atoms with Gasteiger partial charge in [-0.15, -0.1) is 0 Å². The van der Waals surface area contributed by atoms with Gasteiger partial charge in [0.25, 0.3) is 5.56 Å². The molecule has 0 N–H and O–H groups in total. The lowest BCUT2D eigenvalue weighted by atomic mass is 10.3. The van der Waals surface area contributed by atoms with Crippen LogP contribution < -0.4 is 10.5 Å². The van der Waals surface area contributed by atoms with E-state index in [1.807, 2.05) is 24.1 Å². The van der Waals surface area contributed by atoms with Gasteiger partial charge in [0.05, 0.1) is 6.54 Å². The third-order valence-corrected chi connectivity index (χ3v) is 4.89. The molecule has 0 spiro atoms. The van der Waals surface area contributed by atoms with Gasteiger partial charge in [0.1, 0.15) is 5.82 Å². The Balaban J connectivity index is 1.59. The Bertz CT molecular complexity index is 607. The molecule has 126 valence electrons. The minimum atomic E-state index is 0.0211. The van der Waals surface area contributed by atoms with E-state index in [-0.39, 0.29) is 11.5 Å². The second kappa shape index (κ2) is 7.17. The lowest BCUT2D eigenvalue weighted by molar-refractivity contribution is -0.131. The fraction of sp³-hybridized carbons (Fsp3) is 0.647. The maximum Gasteiger partial charge on any atom is 0.251 e. The first-order valence-corrected chi connectivity index (χ1v) is 8.56. The number of hydrogen-bond acceptors (Lipinski definition) is 4. The molecular weight excluding hydrogens is 292 g/mol. The third kappa shape index (κ3) is 3.75. The van der Waals surface area contributed by atoms with Crippen LogP contribution in [0.15, 0.2) is 23.0 Å². The zero-order valence-electron chi connectivity index (χ0n) is 13.9. The number of amides is 1. The van der Waals surface area contributed by atoms with Crippen molar-refractivity contribution in [2.24, 2.45) is 7.05 Å². The highest BCUT2D eigenvalue weighted by Gasteiger charge is 2.22. The molecule has 0 bridgehead atoms. The van der Waals surface area contributed by atoms with Crippen LogP contribution in [-0.2, 0) is 11.8 Å². The summed E-state index contributed by atoms with van der Waals surface area (Å²) in [5.41, 5.74) is 0.0211. The van der Waals surface area contributed by atoms with Crippen LogP contribution in [0.25, 0.3) is 0 Å². The fourth-order valence-corrected chi connectivity index (χ4v) is 3.49. The molecule has 1 aromatic heterocycles. The standard InChI is InChI=1S/C17H26N4O2/c1-18-15(6-4-7-16(18)22)20-11-5-8-19(12-13-20)14-17(23)21-9-2-3-10-21/h4,6-7H,2-3,5,8-14H2,1H3. The van der Waals surface area contributed by atoms with E-state index in [0.29, 0.717) is 6.54 Å². The van der Waals surface area contributed by atoms with Crippen LogP contribution in [0, 0.1) is 0 Å². The van der Waals surface area contributed by atoms with Gasteiger partial charge in [-0.25, -0.2) is 0 Å². The summed E-state index contributed by atoms with van der Waals surface area (Å²) in [4.78, 5) is 30.6. The number of anilines is 1. The lowest BCUT2D eigenvalue weighted by Crippen LogP contribution is -2.40. The largest absolute Gasteiger partial charge is 0.357 e. The number of hydrogen-bond donors (Lipinski definition) is 0. The Morgan fingerprint density at radius 2 is 1.78 bits per heavy atom. The number of carbonyl (C=O) groups excluding carboxylic acids is 1. The summed E-state index contributed by atoms with van der Waals surface area (Å²) in [7, 11) is 1.82. The summed E-state index contributed by atoms with van der Waals surface area (Å²) in [5, 5.41) is 0. The number of nitrogens with zero attached hydrogens (tertiary/aromatic N) is 4. The highest BCUT2D eigenvalue weighted by molar-refractivity contribution is 5.78. The van der Waals surface area contributed by atoms with Gasteiger partial charge in [0, 0.05) is 52.4 Å².